The second-order valence-electron chi connectivity index (χ2n) is 6.54. The number of nitrogens with one attached hydrogen (secondary N) is 1. The quantitative estimate of drug-likeness (QED) is 0.568. The first-order valence-electron chi connectivity index (χ1n) is 7.17. The predicted molar refractivity (Wildman–Crippen MR) is 69.8 cm³/mol. The Morgan fingerprint density at radius 2 is 1.61 bits per heavy atom. The molecule has 0 amide bonds. The molecule has 18 heavy (non-hydrogen) atoms. The van der Waals surface area contributed by atoms with Gasteiger partial charge < -0.3 is 5.32 Å². The Labute approximate surface area is 111 Å². The van der Waals surface area contributed by atoms with Gasteiger partial charge in [0.15, 0.2) is 0 Å². The minimum absolute atomic E-state index is 0.318. The molecule has 0 aromatic rings. The van der Waals surface area contributed by atoms with Gasteiger partial charge in [-0.2, -0.15) is 0 Å². The molecule has 5 heteroatoms. The zero-order valence-electron chi connectivity index (χ0n) is 10.8. The van der Waals surface area contributed by atoms with Gasteiger partial charge in [-0.1, -0.05) is 0 Å². The molecule has 4 fully saturated rings. The number of hydrogen-bond donors (Lipinski definition) is 2. The average molecular weight is 273 g/mol. The summed E-state index contributed by atoms with van der Waals surface area (Å²) in [5, 5.41) is 3.72. The summed E-state index contributed by atoms with van der Waals surface area (Å²) in [6.45, 7) is 1.20. The highest BCUT2D eigenvalue weighted by atomic mass is 32.2. The molecule has 4 aliphatic carbocycles. The van der Waals surface area contributed by atoms with E-state index in [9.17, 15) is 8.42 Å². The molecule has 1 N–H and O–H groups in total. The molecule has 4 bridgehead atoms. The van der Waals surface area contributed by atoms with Gasteiger partial charge in [0, 0.05) is 5.54 Å². The predicted octanol–water partition coefficient (Wildman–Crippen LogP) is 1.48. The molecular weight excluding hydrogens is 250 g/mol. The Morgan fingerprint density at radius 1 is 1.06 bits per heavy atom. The lowest BCUT2D eigenvalue weighted by Gasteiger charge is -2.57. The Balaban J connectivity index is 1.47. The van der Waals surface area contributed by atoms with Crippen LogP contribution in [0.15, 0.2) is 0 Å². The van der Waals surface area contributed by atoms with E-state index in [0.717, 1.165) is 30.7 Å². The summed E-state index contributed by atoms with van der Waals surface area (Å²) in [6.07, 6.45) is 9.19. The zero-order chi connectivity index (χ0) is 12.6. The number of thiol groups is 1. The largest absolute Gasteiger partial charge is 0.311 e. The topological polar surface area (TPSA) is 55.4 Å². The molecule has 0 spiro atoms. The summed E-state index contributed by atoms with van der Waals surface area (Å²) in [5.74, 6) is 2.86. The molecule has 0 aromatic heterocycles. The van der Waals surface area contributed by atoms with Crippen molar-refractivity contribution in [1.82, 2.24) is 5.32 Å². The summed E-state index contributed by atoms with van der Waals surface area (Å²) in [5.41, 5.74) is 0.383. The maximum atomic E-state index is 10.3. The van der Waals surface area contributed by atoms with Crippen LogP contribution in [0, 0.1) is 17.8 Å². The van der Waals surface area contributed by atoms with Crippen LogP contribution in [0.2, 0.25) is 0 Å². The van der Waals surface area contributed by atoms with Crippen molar-refractivity contribution in [1.29, 1.82) is 0 Å². The Kier molecular flexibility index (Phi) is 3.65. The average Bonchev–Trinajstić information content (AvgIpc) is 2.25. The van der Waals surface area contributed by atoms with E-state index in [-0.39, 0.29) is 0 Å². The lowest BCUT2D eigenvalue weighted by atomic mass is 9.53. The van der Waals surface area contributed by atoms with Gasteiger partial charge in [-0.05, 0) is 69.2 Å². The van der Waals surface area contributed by atoms with Gasteiger partial charge in [0.05, 0.1) is 6.61 Å². The highest BCUT2D eigenvalue weighted by Gasteiger charge is 2.50. The Hall–Kier alpha value is -0.130. The lowest BCUT2D eigenvalue weighted by molar-refractivity contribution is -0.0198. The van der Waals surface area contributed by atoms with Crippen molar-refractivity contribution in [3.8, 4) is 0 Å². The Bertz CT molecular complexity index is 337. The third kappa shape index (κ3) is 2.73. The smallest absolute Gasteiger partial charge is 0.257 e. The molecule has 104 valence electrons. The SMILES string of the molecule is O=[SH](=O)OCCCNC12CC3CC(CC(C3)C1)C2. The fourth-order valence-electron chi connectivity index (χ4n) is 4.89. The van der Waals surface area contributed by atoms with Crippen molar-refractivity contribution in [2.24, 2.45) is 17.8 Å². The van der Waals surface area contributed by atoms with Crippen LogP contribution in [-0.2, 0) is 15.2 Å². The van der Waals surface area contributed by atoms with Crippen LogP contribution >= 0.6 is 0 Å². The van der Waals surface area contributed by atoms with Gasteiger partial charge in [-0.25, -0.2) is 8.42 Å². The first-order valence-corrected chi connectivity index (χ1v) is 8.27. The first kappa shape index (κ1) is 12.9. The molecule has 4 saturated carbocycles. The van der Waals surface area contributed by atoms with Crippen molar-refractivity contribution in [3.05, 3.63) is 0 Å². The molecule has 4 aliphatic rings. The number of rotatable bonds is 6. The van der Waals surface area contributed by atoms with Crippen LogP contribution in [0.4, 0.5) is 0 Å². The Morgan fingerprint density at radius 3 is 2.11 bits per heavy atom. The molecule has 0 unspecified atom stereocenters. The zero-order valence-corrected chi connectivity index (χ0v) is 11.7. The van der Waals surface area contributed by atoms with Crippen LogP contribution < -0.4 is 5.32 Å². The highest BCUT2D eigenvalue weighted by molar-refractivity contribution is 7.67. The summed E-state index contributed by atoms with van der Waals surface area (Å²) < 4.78 is 25.1. The van der Waals surface area contributed by atoms with Crippen LogP contribution in [0.5, 0.6) is 0 Å². The summed E-state index contributed by atoms with van der Waals surface area (Å²) in [4.78, 5) is 0. The fraction of sp³-hybridized carbons (Fsp3) is 1.00. The van der Waals surface area contributed by atoms with E-state index in [1.165, 1.54) is 38.5 Å². The maximum absolute atomic E-state index is 10.3. The second kappa shape index (κ2) is 5.10. The fourth-order valence-corrected chi connectivity index (χ4v) is 5.17. The van der Waals surface area contributed by atoms with E-state index >= 15 is 0 Å². The summed E-state index contributed by atoms with van der Waals surface area (Å²) in [6, 6.07) is 0. The minimum Gasteiger partial charge on any atom is -0.311 e. The van der Waals surface area contributed by atoms with Gasteiger partial charge in [-0.3, -0.25) is 4.18 Å². The van der Waals surface area contributed by atoms with Crippen LogP contribution in [0.1, 0.15) is 44.9 Å². The van der Waals surface area contributed by atoms with E-state index in [1.54, 1.807) is 0 Å². The monoisotopic (exact) mass is 273 g/mol. The van der Waals surface area contributed by atoms with Crippen molar-refractivity contribution in [3.63, 3.8) is 0 Å². The van der Waals surface area contributed by atoms with Crippen molar-refractivity contribution >= 4 is 11.0 Å². The van der Waals surface area contributed by atoms with Crippen LogP contribution in [0.3, 0.4) is 0 Å². The van der Waals surface area contributed by atoms with Gasteiger partial charge in [0.2, 0.25) is 0 Å². The van der Waals surface area contributed by atoms with E-state index in [2.05, 4.69) is 9.50 Å². The normalized spacial score (nSPS) is 41.7. The molecule has 0 heterocycles. The number of hydrogen-bond acceptors (Lipinski definition) is 4. The van der Waals surface area contributed by atoms with Crippen molar-refractivity contribution < 1.29 is 12.6 Å². The third-order valence-corrected chi connectivity index (χ3v) is 5.45. The van der Waals surface area contributed by atoms with Crippen LogP contribution in [-0.4, -0.2) is 27.1 Å². The van der Waals surface area contributed by atoms with Gasteiger partial charge in [-0.15, -0.1) is 0 Å². The summed E-state index contributed by atoms with van der Waals surface area (Å²) >= 11 is 0. The third-order valence-electron chi connectivity index (χ3n) is 5.06. The molecule has 4 nitrogen and oxygen atoms in total. The minimum atomic E-state index is -2.67. The van der Waals surface area contributed by atoms with Crippen molar-refractivity contribution in [2.45, 2.75) is 50.5 Å². The highest BCUT2D eigenvalue weighted by Crippen LogP contribution is 2.55. The van der Waals surface area contributed by atoms with E-state index in [0.29, 0.717) is 12.1 Å². The molecule has 0 aliphatic heterocycles. The maximum Gasteiger partial charge on any atom is 0.257 e. The molecule has 4 rings (SSSR count). The van der Waals surface area contributed by atoms with E-state index < -0.39 is 11.0 Å². The van der Waals surface area contributed by atoms with Crippen LogP contribution in [0.25, 0.3) is 0 Å². The van der Waals surface area contributed by atoms with Gasteiger partial charge in [0.25, 0.3) is 11.0 Å². The first-order chi connectivity index (χ1) is 8.65. The van der Waals surface area contributed by atoms with Crippen molar-refractivity contribution in [2.75, 3.05) is 13.2 Å². The van der Waals surface area contributed by atoms with E-state index in [1.807, 2.05) is 0 Å². The standard InChI is InChI=1S/C13H23NO3S/c15-18(16)17-3-1-2-14-13-7-10-4-11(8-13)6-12(5-10)9-13/h10-12,14,18H,1-9H2. The van der Waals surface area contributed by atoms with Gasteiger partial charge in [0.1, 0.15) is 0 Å². The molecular formula is C13H23NO3S. The summed E-state index contributed by atoms with van der Waals surface area (Å²) in [7, 11) is -2.67. The molecule has 0 atom stereocenters. The second-order valence-corrected chi connectivity index (χ2v) is 7.24. The molecule has 0 saturated heterocycles. The molecule has 0 radical (unpaired) electrons. The lowest BCUT2D eigenvalue weighted by Crippen LogP contribution is -2.58. The molecule has 0 aromatic carbocycles. The van der Waals surface area contributed by atoms with Gasteiger partial charge >= 0.3 is 0 Å². The van der Waals surface area contributed by atoms with E-state index in [4.69, 9.17) is 0 Å².